The molecule has 26 heavy (non-hydrogen) atoms. The molecule has 0 bridgehead atoms. The van der Waals surface area contributed by atoms with Crippen molar-refractivity contribution in [2.75, 3.05) is 12.0 Å². The molecule has 2 aromatic rings. The van der Waals surface area contributed by atoms with E-state index in [9.17, 15) is 14.4 Å². The minimum Gasteiger partial charge on any atom is -0.340 e. The van der Waals surface area contributed by atoms with E-state index in [0.717, 1.165) is 0 Å². The molecule has 0 aliphatic carbocycles. The van der Waals surface area contributed by atoms with Crippen LogP contribution in [-0.2, 0) is 4.79 Å². The number of rotatable bonds is 7. The van der Waals surface area contributed by atoms with Crippen LogP contribution in [0, 0.1) is 0 Å². The van der Waals surface area contributed by atoms with E-state index in [-0.39, 0.29) is 5.91 Å². The summed E-state index contributed by atoms with van der Waals surface area (Å²) in [5.41, 5.74) is 5.66. The van der Waals surface area contributed by atoms with Crippen LogP contribution in [0.15, 0.2) is 60.7 Å². The molecule has 0 saturated carbocycles. The summed E-state index contributed by atoms with van der Waals surface area (Å²) in [6, 6.07) is 16.5. The Morgan fingerprint density at radius 2 is 1.38 bits per heavy atom. The van der Waals surface area contributed by atoms with Gasteiger partial charge in [0.2, 0.25) is 0 Å². The number of hydrogen-bond donors (Lipinski definition) is 3. The average molecular weight is 371 g/mol. The number of thioether (sulfide) groups is 1. The first-order valence-electron chi connectivity index (χ1n) is 8.12. The van der Waals surface area contributed by atoms with Crippen molar-refractivity contribution in [1.82, 2.24) is 16.2 Å². The summed E-state index contributed by atoms with van der Waals surface area (Å²) < 4.78 is 0. The molecule has 0 aliphatic heterocycles. The third-order valence-corrected chi connectivity index (χ3v) is 4.25. The standard InChI is InChI=1S/C19H21N3O3S/c1-26-13-12-16(20-17(23)14-8-4-2-5-9-14)19(25)22-21-18(24)15-10-6-3-7-11-15/h2-11,16H,12-13H2,1H3,(H,20,23)(H,21,24)(H,22,25)/t16-/m0/s1. The largest absolute Gasteiger partial charge is 0.340 e. The van der Waals surface area contributed by atoms with Crippen LogP contribution in [0.5, 0.6) is 0 Å². The second-order valence-electron chi connectivity index (χ2n) is 5.48. The maximum atomic E-state index is 12.4. The van der Waals surface area contributed by atoms with E-state index in [0.29, 0.717) is 23.3 Å². The summed E-state index contributed by atoms with van der Waals surface area (Å²) >= 11 is 1.57. The Balaban J connectivity index is 1.95. The van der Waals surface area contributed by atoms with Gasteiger partial charge in [0.25, 0.3) is 17.7 Å². The van der Waals surface area contributed by atoms with Crippen LogP contribution >= 0.6 is 11.8 Å². The van der Waals surface area contributed by atoms with Crippen LogP contribution in [0.3, 0.4) is 0 Å². The van der Waals surface area contributed by atoms with Crippen LogP contribution in [-0.4, -0.2) is 35.8 Å². The van der Waals surface area contributed by atoms with Crippen molar-refractivity contribution in [1.29, 1.82) is 0 Å². The number of benzene rings is 2. The van der Waals surface area contributed by atoms with Crippen LogP contribution in [0.4, 0.5) is 0 Å². The van der Waals surface area contributed by atoms with E-state index >= 15 is 0 Å². The summed E-state index contributed by atoms with van der Waals surface area (Å²) in [6.07, 6.45) is 2.37. The molecule has 0 aromatic heterocycles. The smallest absolute Gasteiger partial charge is 0.269 e. The third-order valence-electron chi connectivity index (χ3n) is 3.60. The summed E-state index contributed by atoms with van der Waals surface area (Å²) in [6.45, 7) is 0. The van der Waals surface area contributed by atoms with E-state index in [4.69, 9.17) is 0 Å². The molecule has 6 nitrogen and oxygen atoms in total. The van der Waals surface area contributed by atoms with Gasteiger partial charge in [0.05, 0.1) is 0 Å². The molecule has 0 aliphatic rings. The molecule has 0 fully saturated rings. The highest BCUT2D eigenvalue weighted by atomic mass is 32.2. The Kier molecular flexibility index (Phi) is 7.70. The summed E-state index contributed by atoms with van der Waals surface area (Å²) in [5.74, 6) is -0.523. The van der Waals surface area contributed by atoms with Crippen molar-refractivity contribution in [3.63, 3.8) is 0 Å². The van der Waals surface area contributed by atoms with Crippen molar-refractivity contribution in [3.8, 4) is 0 Å². The minimum absolute atomic E-state index is 0.332. The van der Waals surface area contributed by atoms with Gasteiger partial charge < -0.3 is 5.32 Å². The Morgan fingerprint density at radius 3 is 1.92 bits per heavy atom. The molecule has 0 saturated heterocycles. The second-order valence-corrected chi connectivity index (χ2v) is 6.47. The molecule has 2 rings (SSSR count). The first-order chi connectivity index (χ1) is 12.6. The molecule has 3 amide bonds. The van der Waals surface area contributed by atoms with Gasteiger partial charge >= 0.3 is 0 Å². The van der Waals surface area contributed by atoms with E-state index in [1.165, 1.54) is 0 Å². The fourth-order valence-electron chi connectivity index (χ4n) is 2.20. The second kappa shape index (κ2) is 10.2. The van der Waals surface area contributed by atoms with Crippen LogP contribution in [0.25, 0.3) is 0 Å². The van der Waals surface area contributed by atoms with Gasteiger partial charge in [-0.3, -0.25) is 25.2 Å². The molecular weight excluding hydrogens is 350 g/mol. The van der Waals surface area contributed by atoms with E-state index in [2.05, 4.69) is 16.2 Å². The van der Waals surface area contributed by atoms with Crippen molar-refractivity contribution in [3.05, 3.63) is 71.8 Å². The highest BCUT2D eigenvalue weighted by Gasteiger charge is 2.21. The van der Waals surface area contributed by atoms with E-state index in [1.54, 1.807) is 66.4 Å². The van der Waals surface area contributed by atoms with Gasteiger partial charge in [0.1, 0.15) is 6.04 Å². The predicted octanol–water partition coefficient (Wildman–Crippen LogP) is 2.00. The lowest BCUT2D eigenvalue weighted by Gasteiger charge is -2.18. The van der Waals surface area contributed by atoms with Crippen molar-refractivity contribution < 1.29 is 14.4 Å². The molecule has 0 radical (unpaired) electrons. The normalized spacial score (nSPS) is 11.3. The number of carbonyl (C=O) groups excluding carboxylic acids is 3. The molecule has 3 N–H and O–H groups in total. The Hall–Kier alpha value is -2.80. The zero-order chi connectivity index (χ0) is 18.8. The van der Waals surface area contributed by atoms with Gasteiger partial charge in [-0.2, -0.15) is 11.8 Å². The SMILES string of the molecule is CSCC[C@H](NC(=O)c1ccccc1)C(=O)NNC(=O)c1ccccc1. The fraction of sp³-hybridized carbons (Fsp3) is 0.211. The molecule has 136 valence electrons. The highest BCUT2D eigenvalue weighted by Crippen LogP contribution is 2.04. The van der Waals surface area contributed by atoms with Gasteiger partial charge in [-0.25, -0.2) is 0 Å². The lowest BCUT2D eigenvalue weighted by atomic mass is 10.1. The monoisotopic (exact) mass is 371 g/mol. The van der Waals surface area contributed by atoms with Crippen molar-refractivity contribution >= 4 is 29.5 Å². The molecule has 7 heteroatoms. The number of hydrogen-bond acceptors (Lipinski definition) is 4. The first-order valence-corrected chi connectivity index (χ1v) is 9.51. The lowest BCUT2D eigenvalue weighted by Crippen LogP contribution is -2.52. The Bertz CT molecular complexity index is 738. The quantitative estimate of drug-likeness (QED) is 0.650. The minimum atomic E-state index is -0.744. The molecule has 0 spiro atoms. The molecule has 0 unspecified atom stereocenters. The topological polar surface area (TPSA) is 87.3 Å². The maximum absolute atomic E-state index is 12.4. The van der Waals surface area contributed by atoms with Gasteiger partial charge in [-0.1, -0.05) is 36.4 Å². The van der Waals surface area contributed by atoms with Crippen LogP contribution in [0.1, 0.15) is 27.1 Å². The average Bonchev–Trinajstić information content (AvgIpc) is 2.70. The third kappa shape index (κ3) is 5.93. The van der Waals surface area contributed by atoms with Crippen molar-refractivity contribution in [2.45, 2.75) is 12.5 Å². The number of amides is 3. The van der Waals surface area contributed by atoms with Gasteiger partial charge in [-0.15, -0.1) is 0 Å². The van der Waals surface area contributed by atoms with Crippen LogP contribution in [0.2, 0.25) is 0 Å². The lowest BCUT2D eigenvalue weighted by molar-refractivity contribution is -0.123. The van der Waals surface area contributed by atoms with Gasteiger partial charge in [0, 0.05) is 11.1 Å². The predicted molar refractivity (Wildman–Crippen MR) is 103 cm³/mol. The van der Waals surface area contributed by atoms with Gasteiger partial charge in [0.15, 0.2) is 0 Å². The summed E-state index contributed by atoms with van der Waals surface area (Å²) in [7, 11) is 0. The highest BCUT2D eigenvalue weighted by molar-refractivity contribution is 7.98. The first kappa shape index (κ1) is 19.5. The number of hydrazine groups is 1. The summed E-state index contributed by atoms with van der Waals surface area (Å²) in [4.78, 5) is 36.7. The van der Waals surface area contributed by atoms with E-state index < -0.39 is 17.9 Å². The molecule has 2 aromatic carbocycles. The fourth-order valence-corrected chi connectivity index (χ4v) is 2.67. The zero-order valence-corrected chi connectivity index (χ0v) is 15.2. The molecule has 0 heterocycles. The van der Waals surface area contributed by atoms with Gasteiger partial charge in [-0.05, 0) is 42.7 Å². The zero-order valence-electron chi connectivity index (χ0n) is 14.4. The number of carbonyl (C=O) groups is 3. The van der Waals surface area contributed by atoms with Crippen LogP contribution < -0.4 is 16.2 Å². The Morgan fingerprint density at radius 1 is 0.846 bits per heavy atom. The Labute approximate surface area is 156 Å². The molecule has 1 atom stereocenters. The summed E-state index contributed by atoms with van der Waals surface area (Å²) in [5, 5.41) is 2.72. The van der Waals surface area contributed by atoms with E-state index in [1.807, 2.05) is 12.3 Å². The number of nitrogens with one attached hydrogen (secondary N) is 3. The maximum Gasteiger partial charge on any atom is 0.269 e. The van der Waals surface area contributed by atoms with Crippen molar-refractivity contribution in [2.24, 2.45) is 0 Å². The molecular formula is C19H21N3O3S.